The fourth-order valence-electron chi connectivity index (χ4n) is 3.27. The molecule has 28 heavy (non-hydrogen) atoms. The first kappa shape index (κ1) is 19.7. The molecule has 0 saturated carbocycles. The molecule has 0 radical (unpaired) electrons. The zero-order valence-electron chi connectivity index (χ0n) is 15.1. The summed E-state index contributed by atoms with van der Waals surface area (Å²) in [5.41, 5.74) is 0.192. The Morgan fingerprint density at radius 2 is 1.71 bits per heavy atom. The van der Waals surface area contributed by atoms with Crippen LogP contribution < -0.4 is 4.90 Å². The van der Waals surface area contributed by atoms with E-state index in [1.165, 1.54) is 25.1 Å². The minimum atomic E-state index is -4.41. The van der Waals surface area contributed by atoms with E-state index in [2.05, 4.69) is 0 Å². The number of amides is 1. The Kier molecular flexibility index (Phi) is 5.26. The number of carbonyl (C=O) groups excluding carboxylic acids is 1. The lowest BCUT2D eigenvalue weighted by Crippen LogP contribution is -2.49. The number of anilines is 1. The Hall–Kier alpha value is -3.10. The van der Waals surface area contributed by atoms with Crippen LogP contribution in [-0.2, 0) is 6.18 Å². The van der Waals surface area contributed by atoms with E-state index in [0.717, 1.165) is 12.1 Å². The number of halogens is 3. The summed E-state index contributed by atoms with van der Waals surface area (Å²) in [4.78, 5) is 26.7. The summed E-state index contributed by atoms with van der Waals surface area (Å²) in [6, 6.07) is 9.45. The topological polar surface area (TPSA) is 66.7 Å². The van der Waals surface area contributed by atoms with Gasteiger partial charge in [0, 0.05) is 49.1 Å². The number of hydrogen-bond donors (Lipinski definition) is 0. The summed E-state index contributed by atoms with van der Waals surface area (Å²) in [6.07, 6.45) is -4.41. The molecule has 0 aromatic heterocycles. The molecule has 2 aromatic rings. The van der Waals surface area contributed by atoms with Gasteiger partial charge in [0.25, 0.3) is 11.6 Å². The van der Waals surface area contributed by atoms with Crippen molar-refractivity contribution < 1.29 is 22.9 Å². The third-order valence-corrected chi connectivity index (χ3v) is 4.84. The number of benzene rings is 2. The number of rotatable bonds is 3. The van der Waals surface area contributed by atoms with Crippen LogP contribution in [-0.4, -0.2) is 41.9 Å². The van der Waals surface area contributed by atoms with Crippen molar-refractivity contribution in [3.05, 3.63) is 69.3 Å². The predicted molar refractivity (Wildman–Crippen MR) is 97.4 cm³/mol. The van der Waals surface area contributed by atoms with Crippen molar-refractivity contribution in [2.45, 2.75) is 13.1 Å². The first-order valence-corrected chi connectivity index (χ1v) is 8.64. The lowest BCUT2D eigenvalue weighted by Gasteiger charge is -2.36. The molecule has 1 fully saturated rings. The average Bonchev–Trinajstić information content (AvgIpc) is 2.67. The predicted octanol–water partition coefficient (Wildman–Crippen LogP) is 3.88. The third-order valence-electron chi connectivity index (χ3n) is 4.84. The van der Waals surface area contributed by atoms with Gasteiger partial charge >= 0.3 is 6.18 Å². The summed E-state index contributed by atoms with van der Waals surface area (Å²) in [5.74, 6) is -0.315. The first-order valence-electron chi connectivity index (χ1n) is 8.64. The number of nitro groups is 1. The largest absolute Gasteiger partial charge is 0.416 e. The summed E-state index contributed by atoms with van der Waals surface area (Å²) < 4.78 is 38.7. The van der Waals surface area contributed by atoms with Gasteiger partial charge in [-0.25, -0.2) is 0 Å². The Morgan fingerprint density at radius 1 is 1.07 bits per heavy atom. The molecule has 9 heteroatoms. The molecular weight excluding hydrogens is 375 g/mol. The number of hydrogen-bond acceptors (Lipinski definition) is 4. The highest BCUT2D eigenvalue weighted by Gasteiger charge is 2.31. The molecule has 0 unspecified atom stereocenters. The van der Waals surface area contributed by atoms with Crippen molar-refractivity contribution >= 4 is 17.3 Å². The van der Waals surface area contributed by atoms with Crippen LogP contribution in [0.15, 0.2) is 42.5 Å². The molecule has 3 rings (SSSR count). The molecule has 2 aromatic carbocycles. The highest BCUT2D eigenvalue weighted by Crippen LogP contribution is 2.32. The number of nitrogens with zero attached hydrogens (tertiary/aromatic N) is 3. The van der Waals surface area contributed by atoms with Gasteiger partial charge < -0.3 is 9.80 Å². The molecule has 6 nitrogen and oxygen atoms in total. The molecule has 1 heterocycles. The van der Waals surface area contributed by atoms with Gasteiger partial charge in [-0.3, -0.25) is 14.9 Å². The Morgan fingerprint density at radius 3 is 2.32 bits per heavy atom. The van der Waals surface area contributed by atoms with Crippen molar-refractivity contribution in [1.82, 2.24) is 4.90 Å². The number of nitro benzene ring substituents is 1. The molecule has 0 N–H and O–H groups in total. The van der Waals surface area contributed by atoms with Crippen LogP contribution in [0.1, 0.15) is 21.5 Å². The summed E-state index contributed by atoms with van der Waals surface area (Å²) in [5, 5.41) is 11.1. The standard InChI is InChI=1S/C19H18F3N3O3/c1-13-16(6-3-7-17(13)25(27)28)18(26)24-10-8-23(9-11-24)15-5-2-4-14(12-15)19(20,21)22/h2-7,12H,8-11H2,1H3. The van der Waals surface area contributed by atoms with Gasteiger partial charge in [-0.15, -0.1) is 0 Å². The second-order valence-corrected chi connectivity index (χ2v) is 6.53. The van der Waals surface area contributed by atoms with E-state index in [1.54, 1.807) is 21.9 Å². The third kappa shape index (κ3) is 3.92. The van der Waals surface area contributed by atoms with E-state index in [1.807, 2.05) is 0 Å². The van der Waals surface area contributed by atoms with Gasteiger partial charge in [0.15, 0.2) is 0 Å². The molecule has 0 spiro atoms. The molecule has 0 aliphatic carbocycles. The average molecular weight is 393 g/mol. The highest BCUT2D eigenvalue weighted by molar-refractivity contribution is 5.96. The van der Waals surface area contributed by atoms with Gasteiger partial charge in [0.1, 0.15) is 0 Å². The SMILES string of the molecule is Cc1c(C(=O)N2CCN(c3cccc(C(F)(F)F)c3)CC2)cccc1[N+](=O)[O-]. The summed E-state index contributed by atoms with van der Waals surface area (Å²) >= 11 is 0. The quantitative estimate of drug-likeness (QED) is 0.586. The van der Waals surface area contributed by atoms with Gasteiger partial charge in [-0.05, 0) is 31.2 Å². The second-order valence-electron chi connectivity index (χ2n) is 6.53. The number of carbonyl (C=O) groups is 1. The lowest BCUT2D eigenvalue weighted by atomic mass is 10.1. The smallest absolute Gasteiger partial charge is 0.368 e. The van der Waals surface area contributed by atoms with E-state index in [9.17, 15) is 28.1 Å². The monoisotopic (exact) mass is 393 g/mol. The van der Waals surface area contributed by atoms with E-state index in [-0.39, 0.29) is 17.2 Å². The van der Waals surface area contributed by atoms with Crippen molar-refractivity contribution in [1.29, 1.82) is 0 Å². The maximum Gasteiger partial charge on any atom is 0.416 e. The maximum atomic E-state index is 12.9. The number of alkyl halides is 3. The van der Waals surface area contributed by atoms with Crippen molar-refractivity contribution in [3.8, 4) is 0 Å². The van der Waals surface area contributed by atoms with Gasteiger partial charge in [-0.2, -0.15) is 13.2 Å². The van der Waals surface area contributed by atoms with Crippen LogP contribution in [0.2, 0.25) is 0 Å². The van der Waals surface area contributed by atoms with Gasteiger partial charge in [-0.1, -0.05) is 12.1 Å². The molecule has 0 atom stereocenters. The highest BCUT2D eigenvalue weighted by atomic mass is 19.4. The van der Waals surface area contributed by atoms with E-state index >= 15 is 0 Å². The van der Waals surface area contributed by atoms with Crippen LogP contribution in [0.5, 0.6) is 0 Å². The van der Waals surface area contributed by atoms with Crippen LogP contribution in [0, 0.1) is 17.0 Å². The van der Waals surface area contributed by atoms with E-state index in [4.69, 9.17) is 0 Å². The zero-order valence-corrected chi connectivity index (χ0v) is 15.1. The molecular formula is C19H18F3N3O3. The molecule has 1 amide bonds. The van der Waals surface area contributed by atoms with Crippen LogP contribution in [0.25, 0.3) is 0 Å². The van der Waals surface area contributed by atoms with Crippen molar-refractivity contribution in [2.75, 3.05) is 31.1 Å². The maximum absolute atomic E-state index is 12.9. The molecule has 1 aliphatic rings. The van der Waals surface area contributed by atoms with E-state index in [0.29, 0.717) is 37.4 Å². The fourth-order valence-corrected chi connectivity index (χ4v) is 3.27. The zero-order chi connectivity index (χ0) is 20.5. The molecule has 148 valence electrons. The van der Waals surface area contributed by atoms with Gasteiger partial charge in [0.2, 0.25) is 0 Å². The van der Waals surface area contributed by atoms with Crippen LogP contribution >= 0.6 is 0 Å². The lowest BCUT2D eigenvalue weighted by molar-refractivity contribution is -0.385. The van der Waals surface area contributed by atoms with Crippen LogP contribution in [0.3, 0.4) is 0 Å². The first-order chi connectivity index (χ1) is 13.2. The Balaban J connectivity index is 1.72. The fraction of sp³-hybridized carbons (Fsp3) is 0.316. The van der Waals surface area contributed by atoms with Gasteiger partial charge in [0.05, 0.1) is 10.5 Å². The Bertz CT molecular complexity index is 907. The molecule has 1 saturated heterocycles. The summed E-state index contributed by atoms with van der Waals surface area (Å²) in [6.45, 7) is 2.92. The normalized spacial score (nSPS) is 14.9. The van der Waals surface area contributed by atoms with Crippen molar-refractivity contribution in [2.24, 2.45) is 0 Å². The second kappa shape index (κ2) is 7.49. The van der Waals surface area contributed by atoms with E-state index < -0.39 is 16.7 Å². The summed E-state index contributed by atoms with van der Waals surface area (Å²) in [7, 11) is 0. The Labute approximate surface area is 159 Å². The molecule has 1 aliphatic heterocycles. The minimum absolute atomic E-state index is 0.117. The van der Waals surface area contributed by atoms with Crippen molar-refractivity contribution in [3.63, 3.8) is 0 Å². The number of piperazine rings is 1. The van der Waals surface area contributed by atoms with Crippen LogP contribution in [0.4, 0.5) is 24.5 Å². The molecule has 0 bridgehead atoms. The minimum Gasteiger partial charge on any atom is -0.368 e.